The molecule has 0 aliphatic rings. The molecular formula is C23H14Br2N6O7. The van der Waals surface area contributed by atoms with Crippen molar-refractivity contribution in [1.82, 2.24) is 10.9 Å². The van der Waals surface area contributed by atoms with Gasteiger partial charge in [-0.25, -0.2) is 15.6 Å². The lowest BCUT2D eigenvalue weighted by atomic mass is 10.1. The number of hydrogen-bond acceptors (Lipinski definition) is 9. The molecule has 0 fully saturated rings. The number of hydrazone groups is 2. The molecule has 4 rings (SSSR count). The Hall–Kier alpha value is -4.63. The van der Waals surface area contributed by atoms with Crippen LogP contribution in [0, 0.1) is 20.2 Å². The van der Waals surface area contributed by atoms with E-state index in [9.17, 15) is 25.0 Å². The minimum Gasteiger partial charge on any atom is -0.455 e. The largest absolute Gasteiger partial charge is 0.455 e. The third-order valence-electron chi connectivity index (χ3n) is 4.82. The number of nitrogens with one attached hydrogen (secondary N) is 2. The van der Waals surface area contributed by atoms with Crippen LogP contribution in [0.1, 0.15) is 11.5 Å². The first-order valence-corrected chi connectivity index (χ1v) is 12.0. The van der Waals surface area contributed by atoms with Gasteiger partial charge < -0.3 is 8.83 Å². The molecule has 13 nitrogen and oxygen atoms in total. The second-order valence-electron chi connectivity index (χ2n) is 7.32. The van der Waals surface area contributed by atoms with E-state index in [0.717, 1.165) is 0 Å². The highest BCUT2D eigenvalue weighted by Gasteiger charge is 2.15. The van der Waals surface area contributed by atoms with Crippen LogP contribution in [0.4, 0.5) is 16.2 Å². The molecule has 192 valence electrons. The molecule has 0 unspecified atom stereocenters. The predicted molar refractivity (Wildman–Crippen MR) is 144 cm³/mol. The van der Waals surface area contributed by atoms with Crippen LogP contribution >= 0.6 is 31.9 Å². The van der Waals surface area contributed by atoms with Crippen molar-refractivity contribution < 1.29 is 23.5 Å². The Balaban J connectivity index is 1.33. The number of carbonyl (C=O) groups excluding carboxylic acids is 1. The molecule has 0 spiro atoms. The van der Waals surface area contributed by atoms with Crippen molar-refractivity contribution in [3.05, 3.63) is 101 Å². The average molecular weight is 646 g/mol. The number of non-ortho nitro benzene ring substituents is 2. The topological polar surface area (TPSA) is 178 Å². The summed E-state index contributed by atoms with van der Waals surface area (Å²) in [6, 6.07) is 14.2. The zero-order valence-corrected chi connectivity index (χ0v) is 22.0. The molecule has 0 bridgehead atoms. The number of nitro benzene ring substituents is 2. The summed E-state index contributed by atoms with van der Waals surface area (Å²) in [5, 5.41) is 29.6. The van der Waals surface area contributed by atoms with Crippen LogP contribution in [-0.2, 0) is 0 Å². The molecule has 2 N–H and O–H groups in total. The summed E-state index contributed by atoms with van der Waals surface area (Å²) < 4.78 is 12.5. The summed E-state index contributed by atoms with van der Waals surface area (Å²) in [6.45, 7) is 0. The lowest BCUT2D eigenvalue weighted by molar-refractivity contribution is -0.385. The Morgan fingerprint density at radius 2 is 1.16 bits per heavy atom. The third kappa shape index (κ3) is 6.37. The Labute approximate surface area is 229 Å². The molecular weight excluding hydrogens is 632 g/mol. The smallest absolute Gasteiger partial charge is 0.355 e. The summed E-state index contributed by atoms with van der Waals surface area (Å²) in [7, 11) is 0. The SMILES string of the molecule is O=C(N/N=C\c1ccc(-c2cc([N+](=O)[O-])ccc2Br)o1)N/N=C/c1ccc(-c2cc([N+](=O)[O-])ccc2Br)o1. The molecule has 15 heteroatoms. The zero-order valence-electron chi connectivity index (χ0n) is 18.8. The maximum Gasteiger partial charge on any atom is 0.355 e. The summed E-state index contributed by atoms with van der Waals surface area (Å²) in [4.78, 5) is 32.9. The maximum absolute atomic E-state index is 11.9. The summed E-state index contributed by atoms with van der Waals surface area (Å²) in [6.07, 6.45) is 2.49. The average Bonchev–Trinajstić information content (AvgIpc) is 3.54. The van der Waals surface area contributed by atoms with E-state index in [4.69, 9.17) is 8.83 Å². The van der Waals surface area contributed by atoms with Crippen LogP contribution < -0.4 is 10.9 Å². The standard InChI is InChI=1S/C23H14Br2N6O7/c24-19-5-1-13(30(33)34)9-17(19)21-7-3-15(37-21)11-26-28-23(32)29-27-12-16-4-8-22(38-16)18-10-14(31(35)36)2-6-20(18)25/h1-12H,(H2,28,29,32)/b26-11-,27-12+. The van der Waals surface area contributed by atoms with E-state index in [0.29, 0.717) is 31.6 Å². The number of furan rings is 2. The maximum atomic E-state index is 11.9. The molecule has 0 aliphatic carbocycles. The van der Waals surface area contributed by atoms with Crippen LogP contribution in [0.5, 0.6) is 0 Å². The summed E-state index contributed by atoms with van der Waals surface area (Å²) in [5.41, 5.74) is 5.20. The number of rotatable bonds is 8. The number of nitrogens with zero attached hydrogens (tertiary/aromatic N) is 4. The number of carbonyl (C=O) groups is 1. The van der Waals surface area contributed by atoms with Gasteiger partial charge in [-0.15, -0.1) is 0 Å². The van der Waals surface area contributed by atoms with Crippen molar-refractivity contribution in [1.29, 1.82) is 0 Å². The van der Waals surface area contributed by atoms with E-state index in [2.05, 4.69) is 52.9 Å². The van der Waals surface area contributed by atoms with Crippen LogP contribution in [0.3, 0.4) is 0 Å². The fraction of sp³-hybridized carbons (Fsp3) is 0. The summed E-state index contributed by atoms with van der Waals surface area (Å²) in [5.74, 6) is 1.31. The first-order chi connectivity index (χ1) is 18.2. The van der Waals surface area contributed by atoms with Gasteiger partial charge in [0.1, 0.15) is 23.0 Å². The molecule has 0 saturated heterocycles. The van der Waals surface area contributed by atoms with Gasteiger partial charge in [-0.2, -0.15) is 10.2 Å². The van der Waals surface area contributed by atoms with E-state index >= 15 is 0 Å². The first kappa shape index (κ1) is 26.4. The third-order valence-corrected chi connectivity index (χ3v) is 6.20. The summed E-state index contributed by atoms with van der Waals surface area (Å²) >= 11 is 6.67. The number of amides is 2. The Bertz CT molecular complexity index is 1480. The quantitative estimate of drug-likeness (QED) is 0.130. The molecule has 0 saturated carbocycles. The van der Waals surface area contributed by atoms with Crippen molar-refractivity contribution in [3.63, 3.8) is 0 Å². The highest BCUT2D eigenvalue weighted by atomic mass is 79.9. The Morgan fingerprint density at radius 1 is 0.737 bits per heavy atom. The molecule has 2 aromatic carbocycles. The van der Waals surface area contributed by atoms with Crippen LogP contribution in [-0.4, -0.2) is 28.3 Å². The van der Waals surface area contributed by atoms with E-state index in [1.54, 1.807) is 36.4 Å². The number of nitro groups is 2. The van der Waals surface area contributed by atoms with Gasteiger partial charge in [-0.05, 0) is 36.4 Å². The van der Waals surface area contributed by atoms with Gasteiger partial charge in [0.25, 0.3) is 11.4 Å². The second-order valence-corrected chi connectivity index (χ2v) is 9.02. The van der Waals surface area contributed by atoms with E-state index in [-0.39, 0.29) is 22.9 Å². The van der Waals surface area contributed by atoms with Gasteiger partial charge in [0.15, 0.2) is 0 Å². The molecule has 2 amide bonds. The fourth-order valence-corrected chi connectivity index (χ4v) is 3.98. The minimum absolute atomic E-state index is 0.0867. The van der Waals surface area contributed by atoms with Gasteiger partial charge in [0.05, 0.1) is 22.3 Å². The van der Waals surface area contributed by atoms with Crippen LogP contribution in [0.2, 0.25) is 0 Å². The lowest BCUT2D eigenvalue weighted by Crippen LogP contribution is -2.28. The second kappa shape index (κ2) is 11.6. The van der Waals surface area contributed by atoms with Gasteiger partial charge in [-0.1, -0.05) is 31.9 Å². The van der Waals surface area contributed by atoms with Gasteiger partial charge in [-0.3, -0.25) is 20.2 Å². The minimum atomic E-state index is -0.751. The van der Waals surface area contributed by atoms with E-state index in [1.807, 2.05) is 0 Å². The van der Waals surface area contributed by atoms with E-state index < -0.39 is 15.9 Å². The molecule has 2 aromatic heterocycles. The van der Waals surface area contributed by atoms with Crippen LogP contribution in [0.15, 0.2) is 88.6 Å². The highest BCUT2D eigenvalue weighted by Crippen LogP contribution is 2.33. The van der Waals surface area contributed by atoms with Crippen molar-refractivity contribution in [3.8, 4) is 22.6 Å². The molecule has 2 heterocycles. The molecule has 0 radical (unpaired) electrons. The number of benzene rings is 2. The first-order valence-electron chi connectivity index (χ1n) is 10.4. The number of hydrogen-bond donors (Lipinski definition) is 2. The molecule has 38 heavy (non-hydrogen) atoms. The van der Waals surface area contributed by atoms with Crippen molar-refractivity contribution in [2.45, 2.75) is 0 Å². The molecule has 0 aliphatic heterocycles. The van der Waals surface area contributed by atoms with Crippen molar-refractivity contribution in [2.24, 2.45) is 10.2 Å². The number of halogens is 2. The fourth-order valence-electron chi connectivity index (χ4n) is 3.10. The zero-order chi connectivity index (χ0) is 27.2. The van der Waals surface area contributed by atoms with Gasteiger partial charge >= 0.3 is 6.03 Å². The predicted octanol–water partition coefficient (Wildman–Crippen LogP) is 6.22. The highest BCUT2D eigenvalue weighted by molar-refractivity contribution is 9.11. The Morgan fingerprint density at radius 3 is 1.55 bits per heavy atom. The van der Waals surface area contributed by atoms with Gasteiger partial charge in [0.2, 0.25) is 0 Å². The lowest BCUT2D eigenvalue weighted by Gasteiger charge is -2.01. The van der Waals surface area contributed by atoms with E-state index in [1.165, 1.54) is 36.7 Å². The van der Waals surface area contributed by atoms with Crippen molar-refractivity contribution >= 4 is 61.7 Å². The molecule has 0 atom stereocenters. The van der Waals surface area contributed by atoms with Crippen molar-refractivity contribution in [2.75, 3.05) is 0 Å². The molecule has 4 aromatic rings. The monoisotopic (exact) mass is 644 g/mol. The number of urea groups is 1. The normalized spacial score (nSPS) is 11.2. The Kier molecular flexibility index (Phi) is 8.08. The van der Waals surface area contributed by atoms with Crippen LogP contribution in [0.25, 0.3) is 22.6 Å². The van der Waals surface area contributed by atoms with Gasteiger partial charge in [0, 0.05) is 44.3 Å².